The third kappa shape index (κ3) is 11.8. The number of carbonyl (C=O) groups is 1. The first kappa shape index (κ1) is 21.1. The van der Waals surface area contributed by atoms with Crippen LogP contribution in [0.3, 0.4) is 0 Å². The molecule has 0 radical (unpaired) electrons. The number of hydrogen-bond donors (Lipinski definition) is 1. The third-order valence-corrected chi connectivity index (χ3v) is 3.83. The molecule has 4 heteroatoms. The number of quaternary nitrogens is 1. The molecule has 0 saturated heterocycles. The lowest BCUT2D eigenvalue weighted by atomic mass is 10.1. The molecule has 0 heterocycles. The minimum Gasteiger partial charge on any atom is -0.848 e. The summed E-state index contributed by atoms with van der Waals surface area (Å²) in [5, 5.41) is 12.1. The SMILES string of the molecule is C=C(C)C(=O)N[N+](C)(C)CC([O-])CCCCCCCCCC. The Bertz CT molecular complexity index is 327. The van der Waals surface area contributed by atoms with Gasteiger partial charge in [-0.3, -0.25) is 4.79 Å². The Kier molecular flexibility index (Phi) is 11.2. The number of hydrogen-bond acceptors (Lipinski definition) is 2. The molecular weight excluding hydrogens is 276 g/mol. The van der Waals surface area contributed by atoms with E-state index in [1.54, 1.807) is 6.92 Å². The maximum atomic E-state index is 12.1. The van der Waals surface area contributed by atoms with Gasteiger partial charge in [-0.25, -0.2) is 4.59 Å². The van der Waals surface area contributed by atoms with Crippen molar-refractivity contribution in [3.05, 3.63) is 12.2 Å². The fourth-order valence-corrected chi connectivity index (χ4v) is 2.52. The van der Waals surface area contributed by atoms with Gasteiger partial charge in [-0.15, -0.1) is 0 Å². The number of rotatable bonds is 13. The summed E-state index contributed by atoms with van der Waals surface area (Å²) in [6, 6.07) is 0. The summed E-state index contributed by atoms with van der Waals surface area (Å²) >= 11 is 0. The number of amides is 1. The zero-order chi connectivity index (χ0) is 17.0. The van der Waals surface area contributed by atoms with Crippen molar-refractivity contribution in [3.8, 4) is 0 Å². The van der Waals surface area contributed by atoms with Crippen LogP contribution in [0.15, 0.2) is 12.2 Å². The summed E-state index contributed by atoms with van der Waals surface area (Å²) in [7, 11) is 3.69. The molecule has 22 heavy (non-hydrogen) atoms. The number of nitrogens with one attached hydrogen (secondary N) is 1. The standard InChI is InChI=1S/C18H36N2O2/c1-6-7-8-9-10-11-12-13-14-17(21)15-20(4,5)19-18(22)16(2)3/h17H,2,6-15H2,1,3-5H3,(H,19,22). The number of unbranched alkanes of at least 4 members (excludes halogenated alkanes) is 7. The van der Waals surface area contributed by atoms with Gasteiger partial charge < -0.3 is 5.11 Å². The highest BCUT2D eigenvalue weighted by atomic mass is 16.3. The van der Waals surface area contributed by atoms with Crippen molar-refractivity contribution in [2.24, 2.45) is 0 Å². The second kappa shape index (κ2) is 11.7. The molecule has 0 bridgehead atoms. The zero-order valence-corrected chi connectivity index (χ0v) is 15.1. The summed E-state index contributed by atoms with van der Waals surface area (Å²) in [5.41, 5.74) is 3.29. The maximum Gasteiger partial charge on any atom is 0.290 e. The molecule has 0 aliphatic heterocycles. The molecule has 1 atom stereocenters. The lowest BCUT2D eigenvalue weighted by molar-refractivity contribution is -0.933. The molecular formula is C18H36N2O2. The average Bonchev–Trinajstić information content (AvgIpc) is 2.40. The summed E-state index contributed by atoms with van der Waals surface area (Å²) < 4.78 is 0.219. The van der Waals surface area contributed by atoms with Crippen LogP contribution in [0, 0.1) is 0 Å². The van der Waals surface area contributed by atoms with Crippen molar-refractivity contribution in [2.45, 2.75) is 77.7 Å². The minimum atomic E-state index is -0.625. The Balaban J connectivity index is 3.73. The van der Waals surface area contributed by atoms with Crippen LogP contribution in [0.25, 0.3) is 0 Å². The van der Waals surface area contributed by atoms with Crippen molar-refractivity contribution in [1.29, 1.82) is 0 Å². The van der Waals surface area contributed by atoms with Gasteiger partial charge in [0.05, 0.1) is 20.6 Å². The molecule has 1 amide bonds. The first-order chi connectivity index (χ1) is 10.3. The molecule has 0 spiro atoms. The Hall–Kier alpha value is -0.870. The van der Waals surface area contributed by atoms with Gasteiger partial charge in [-0.1, -0.05) is 77.4 Å². The topological polar surface area (TPSA) is 52.2 Å². The molecule has 0 aliphatic carbocycles. The maximum absolute atomic E-state index is 12.1. The van der Waals surface area contributed by atoms with Gasteiger partial charge in [-0.2, -0.15) is 5.43 Å². The molecule has 130 valence electrons. The fraction of sp³-hybridized carbons (Fsp3) is 0.833. The van der Waals surface area contributed by atoms with Gasteiger partial charge >= 0.3 is 0 Å². The molecule has 1 unspecified atom stereocenters. The number of nitrogens with zero attached hydrogens (tertiary/aromatic N) is 1. The van der Waals surface area contributed by atoms with Crippen molar-refractivity contribution < 1.29 is 14.5 Å². The second-order valence-electron chi connectivity index (χ2n) is 6.97. The average molecular weight is 312 g/mol. The number of carbonyl (C=O) groups excluding carboxylic acids is 1. The van der Waals surface area contributed by atoms with Crippen LogP contribution in [0.5, 0.6) is 0 Å². The summed E-state index contributed by atoms with van der Waals surface area (Å²) in [4.78, 5) is 11.6. The van der Waals surface area contributed by atoms with Gasteiger partial charge in [0, 0.05) is 5.57 Å². The Morgan fingerprint density at radius 1 is 1.09 bits per heavy atom. The molecule has 0 rings (SSSR count). The Morgan fingerprint density at radius 2 is 1.59 bits per heavy atom. The first-order valence-electron chi connectivity index (χ1n) is 8.75. The van der Waals surface area contributed by atoms with Crippen molar-refractivity contribution in [1.82, 2.24) is 5.43 Å². The van der Waals surface area contributed by atoms with Crippen LogP contribution in [0.4, 0.5) is 0 Å². The van der Waals surface area contributed by atoms with Gasteiger partial charge in [-0.05, 0) is 6.92 Å². The second-order valence-corrected chi connectivity index (χ2v) is 6.97. The van der Waals surface area contributed by atoms with E-state index in [4.69, 9.17) is 0 Å². The van der Waals surface area contributed by atoms with Crippen molar-refractivity contribution >= 4 is 5.91 Å². The fourth-order valence-electron chi connectivity index (χ4n) is 2.52. The van der Waals surface area contributed by atoms with Gasteiger partial charge in [0.25, 0.3) is 5.91 Å². The summed E-state index contributed by atoms with van der Waals surface area (Å²) in [5.74, 6) is -0.190. The van der Waals surface area contributed by atoms with Gasteiger partial charge in [0.2, 0.25) is 0 Å². The van der Waals surface area contributed by atoms with Crippen LogP contribution in [0.2, 0.25) is 0 Å². The van der Waals surface area contributed by atoms with E-state index in [1.165, 1.54) is 38.5 Å². The van der Waals surface area contributed by atoms with Crippen LogP contribution in [-0.2, 0) is 4.79 Å². The van der Waals surface area contributed by atoms with Gasteiger partial charge in [0.15, 0.2) is 0 Å². The quantitative estimate of drug-likeness (QED) is 0.246. The number of likely N-dealkylation sites (N-methyl/N-ethyl adjacent to an activating group) is 1. The van der Waals surface area contributed by atoms with Crippen molar-refractivity contribution in [2.75, 3.05) is 20.6 Å². The van der Waals surface area contributed by atoms with E-state index in [9.17, 15) is 9.90 Å². The Labute approximate surface area is 137 Å². The lowest BCUT2D eigenvalue weighted by Gasteiger charge is -2.35. The van der Waals surface area contributed by atoms with Crippen LogP contribution >= 0.6 is 0 Å². The van der Waals surface area contributed by atoms with E-state index < -0.39 is 6.10 Å². The largest absolute Gasteiger partial charge is 0.848 e. The molecule has 0 fully saturated rings. The van der Waals surface area contributed by atoms with Crippen LogP contribution < -0.4 is 10.5 Å². The van der Waals surface area contributed by atoms with Gasteiger partial charge in [0.1, 0.15) is 0 Å². The molecule has 0 aromatic rings. The highest BCUT2D eigenvalue weighted by Gasteiger charge is 2.19. The molecule has 0 aromatic heterocycles. The first-order valence-corrected chi connectivity index (χ1v) is 8.75. The zero-order valence-electron chi connectivity index (χ0n) is 15.1. The van der Waals surface area contributed by atoms with Crippen molar-refractivity contribution in [3.63, 3.8) is 0 Å². The smallest absolute Gasteiger partial charge is 0.290 e. The molecule has 0 saturated carbocycles. The molecule has 4 nitrogen and oxygen atoms in total. The highest BCUT2D eigenvalue weighted by molar-refractivity contribution is 5.91. The Morgan fingerprint density at radius 3 is 2.09 bits per heavy atom. The van der Waals surface area contributed by atoms with E-state index in [-0.39, 0.29) is 10.5 Å². The lowest BCUT2D eigenvalue weighted by Crippen LogP contribution is -2.59. The normalized spacial score (nSPS) is 13.0. The van der Waals surface area contributed by atoms with E-state index in [0.29, 0.717) is 18.5 Å². The predicted octanol–water partition coefficient (Wildman–Crippen LogP) is 2.93. The predicted molar refractivity (Wildman–Crippen MR) is 90.9 cm³/mol. The highest BCUT2D eigenvalue weighted by Crippen LogP contribution is 2.11. The summed E-state index contributed by atoms with van der Waals surface area (Å²) in [6.07, 6.45) is 10.0. The van der Waals surface area contributed by atoms with E-state index >= 15 is 0 Å². The molecule has 0 aliphatic rings. The van der Waals surface area contributed by atoms with Crippen LogP contribution in [-0.4, -0.2) is 37.2 Å². The van der Waals surface area contributed by atoms with Crippen LogP contribution in [0.1, 0.15) is 71.6 Å². The van der Waals surface area contributed by atoms with E-state index in [1.807, 2.05) is 14.1 Å². The van der Waals surface area contributed by atoms with E-state index in [0.717, 1.165) is 12.8 Å². The minimum absolute atomic E-state index is 0.190. The monoisotopic (exact) mass is 312 g/mol. The molecule has 1 N–H and O–H groups in total. The summed E-state index contributed by atoms with van der Waals surface area (Å²) in [6.45, 7) is 7.93. The van der Waals surface area contributed by atoms with E-state index in [2.05, 4.69) is 18.9 Å². The molecule has 0 aromatic carbocycles. The third-order valence-electron chi connectivity index (χ3n) is 3.83.